The standard InChI is InChI=1S/C17H16O5/c1-2-21-17(20)15-8-14(19)12-7-10-5-3-4-6-11(10)13(9-18)16(12)22-15/h7-9H,2-6H2,1H3. The van der Waals surface area contributed by atoms with E-state index in [0.29, 0.717) is 17.2 Å². The smallest absolute Gasteiger partial charge is 0.374 e. The minimum absolute atomic E-state index is 0.168. The zero-order valence-corrected chi connectivity index (χ0v) is 12.3. The number of hydrogen-bond donors (Lipinski definition) is 0. The second-order valence-corrected chi connectivity index (χ2v) is 5.32. The Morgan fingerprint density at radius 1 is 1.32 bits per heavy atom. The van der Waals surface area contributed by atoms with Gasteiger partial charge in [0.05, 0.1) is 17.6 Å². The Bertz CT molecular complexity index is 816. The number of aldehydes is 1. The maximum Gasteiger partial charge on any atom is 0.374 e. The van der Waals surface area contributed by atoms with E-state index in [-0.39, 0.29) is 23.4 Å². The maximum absolute atomic E-state index is 12.3. The van der Waals surface area contributed by atoms with Gasteiger partial charge in [-0.05, 0) is 49.8 Å². The molecule has 0 radical (unpaired) electrons. The van der Waals surface area contributed by atoms with Gasteiger partial charge in [-0.1, -0.05) is 0 Å². The van der Waals surface area contributed by atoms with Crippen molar-refractivity contribution < 1.29 is 18.7 Å². The molecule has 0 aliphatic heterocycles. The van der Waals surface area contributed by atoms with E-state index in [2.05, 4.69) is 0 Å². The van der Waals surface area contributed by atoms with Gasteiger partial charge in [0.15, 0.2) is 11.7 Å². The molecule has 1 heterocycles. The number of ether oxygens (including phenoxy) is 1. The zero-order valence-electron chi connectivity index (χ0n) is 12.3. The summed E-state index contributed by atoms with van der Waals surface area (Å²) < 4.78 is 10.4. The van der Waals surface area contributed by atoms with E-state index < -0.39 is 5.97 Å². The first-order valence-electron chi connectivity index (χ1n) is 7.40. The van der Waals surface area contributed by atoms with Gasteiger partial charge in [-0.15, -0.1) is 0 Å². The zero-order chi connectivity index (χ0) is 15.7. The third-order valence-electron chi connectivity index (χ3n) is 3.98. The molecular weight excluding hydrogens is 284 g/mol. The average Bonchev–Trinajstić information content (AvgIpc) is 2.53. The number of hydrogen-bond acceptors (Lipinski definition) is 5. The van der Waals surface area contributed by atoms with Crippen molar-refractivity contribution in [2.75, 3.05) is 6.61 Å². The summed E-state index contributed by atoms with van der Waals surface area (Å²) in [5.74, 6) is -0.866. The summed E-state index contributed by atoms with van der Waals surface area (Å²) in [5.41, 5.74) is 2.19. The molecule has 114 valence electrons. The quantitative estimate of drug-likeness (QED) is 0.643. The molecule has 0 amide bonds. The topological polar surface area (TPSA) is 73.6 Å². The molecule has 5 heteroatoms. The minimum Gasteiger partial charge on any atom is -0.460 e. The van der Waals surface area contributed by atoms with Crippen molar-refractivity contribution >= 4 is 23.2 Å². The van der Waals surface area contributed by atoms with Crippen molar-refractivity contribution in [1.82, 2.24) is 0 Å². The summed E-state index contributed by atoms with van der Waals surface area (Å²) in [5, 5.41) is 0.343. The van der Waals surface area contributed by atoms with Crippen LogP contribution >= 0.6 is 0 Å². The van der Waals surface area contributed by atoms with E-state index in [1.165, 1.54) is 0 Å². The number of esters is 1. The minimum atomic E-state index is -0.698. The van der Waals surface area contributed by atoms with Crippen molar-refractivity contribution in [1.29, 1.82) is 0 Å². The number of rotatable bonds is 3. The van der Waals surface area contributed by atoms with Crippen LogP contribution < -0.4 is 5.43 Å². The first-order valence-corrected chi connectivity index (χ1v) is 7.40. The fourth-order valence-corrected chi connectivity index (χ4v) is 2.97. The molecule has 5 nitrogen and oxygen atoms in total. The number of carbonyl (C=O) groups excluding carboxylic acids is 2. The van der Waals surface area contributed by atoms with Crippen LogP contribution in [-0.2, 0) is 17.6 Å². The van der Waals surface area contributed by atoms with Gasteiger partial charge < -0.3 is 9.15 Å². The van der Waals surface area contributed by atoms with Crippen LogP contribution in [0.4, 0.5) is 0 Å². The maximum atomic E-state index is 12.3. The van der Waals surface area contributed by atoms with Crippen molar-refractivity contribution in [3.05, 3.63) is 44.8 Å². The molecule has 0 bridgehead atoms. The highest BCUT2D eigenvalue weighted by Gasteiger charge is 2.21. The molecular formula is C17H16O5. The normalized spacial score (nSPS) is 13.7. The number of benzene rings is 1. The Morgan fingerprint density at radius 3 is 2.82 bits per heavy atom. The number of aryl methyl sites for hydroxylation is 1. The molecule has 0 unspecified atom stereocenters. The average molecular weight is 300 g/mol. The van der Waals surface area contributed by atoms with E-state index in [1.807, 2.05) is 0 Å². The van der Waals surface area contributed by atoms with Crippen molar-refractivity contribution in [2.45, 2.75) is 32.6 Å². The largest absolute Gasteiger partial charge is 0.460 e. The molecule has 3 rings (SSSR count). The van der Waals surface area contributed by atoms with Crippen molar-refractivity contribution in [2.24, 2.45) is 0 Å². The summed E-state index contributed by atoms with van der Waals surface area (Å²) in [6, 6.07) is 2.92. The Morgan fingerprint density at radius 2 is 2.09 bits per heavy atom. The summed E-state index contributed by atoms with van der Waals surface area (Å²) in [6.45, 7) is 1.86. The Balaban J connectivity index is 2.30. The van der Waals surface area contributed by atoms with E-state index >= 15 is 0 Å². The lowest BCUT2D eigenvalue weighted by Gasteiger charge is -2.18. The highest BCUT2D eigenvalue weighted by atomic mass is 16.5. The van der Waals surface area contributed by atoms with Crippen molar-refractivity contribution in [3.63, 3.8) is 0 Å². The van der Waals surface area contributed by atoms with Crippen LogP contribution in [0.2, 0.25) is 0 Å². The highest BCUT2D eigenvalue weighted by Crippen LogP contribution is 2.29. The third-order valence-corrected chi connectivity index (χ3v) is 3.98. The predicted molar refractivity (Wildman–Crippen MR) is 80.5 cm³/mol. The van der Waals surface area contributed by atoms with Crippen LogP contribution in [-0.4, -0.2) is 18.9 Å². The molecule has 1 aromatic heterocycles. The van der Waals surface area contributed by atoms with Gasteiger partial charge in [0.1, 0.15) is 5.58 Å². The lowest BCUT2D eigenvalue weighted by molar-refractivity contribution is 0.0490. The highest BCUT2D eigenvalue weighted by molar-refractivity contribution is 5.98. The van der Waals surface area contributed by atoms with Crippen molar-refractivity contribution in [3.8, 4) is 0 Å². The molecule has 0 spiro atoms. The van der Waals surface area contributed by atoms with E-state index in [4.69, 9.17) is 9.15 Å². The van der Waals surface area contributed by atoms with Gasteiger partial charge in [0.2, 0.25) is 5.76 Å². The molecule has 0 fully saturated rings. The Hall–Kier alpha value is -2.43. The first kappa shape index (κ1) is 14.5. The lowest BCUT2D eigenvalue weighted by Crippen LogP contribution is -2.13. The van der Waals surface area contributed by atoms with Crippen LogP contribution in [0.3, 0.4) is 0 Å². The molecule has 1 aromatic carbocycles. The third kappa shape index (κ3) is 2.32. The molecule has 0 N–H and O–H groups in total. The molecule has 1 aliphatic rings. The monoisotopic (exact) mass is 300 g/mol. The summed E-state index contributed by atoms with van der Waals surface area (Å²) in [7, 11) is 0. The van der Waals surface area contributed by atoms with Gasteiger partial charge >= 0.3 is 5.97 Å². The fourth-order valence-electron chi connectivity index (χ4n) is 2.97. The van der Waals surface area contributed by atoms with Crippen LogP contribution in [0, 0.1) is 0 Å². The molecule has 1 aliphatic carbocycles. The molecule has 22 heavy (non-hydrogen) atoms. The summed E-state index contributed by atoms with van der Waals surface area (Å²) in [4.78, 5) is 35.6. The lowest BCUT2D eigenvalue weighted by atomic mass is 9.87. The van der Waals surface area contributed by atoms with E-state index in [0.717, 1.165) is 42.9 Å². The molecule has 2 aromatic rings. The van der Waals surface area contributed by atoms with Crippen LogP contribution in [0.25, 0.3) is 11.0 Å². The number of fused-ring (bicyclic) bond motifs is 2. The van der Waals surface area contributed by atoms with Gasteiger partial charge in [-0.25, -0.2) is 4.79 Å². The number of carbonyl (C=O) groups is 2. The first-order chi connectivity index (χ1) is 10.7. The molecule has 0 saturated heterocycles. The second kappa shape index (κ2) is 5.75. The Labute approximate surface area is 126 Å². The van der Waals surface area contributed by atoms with Crippen LogP contribution in [0.5, 0.6) is 0 Å². The molecule has 0 atom stereocenters. The second-order valence-electron chi connectivity index (χ2n) is 5.32. The fraction of sp³-hybridized carbons (Fsp3) is 0.353. The van der Waals surface area contributed by atoms with Gasteiger partial charge in [-0.2, -0.15) is 0 Å². The van der Waals surface area contributed by atoms with Gasteiger partial charge in [0.25, 0.3) is 0 Å². The Kier molecular flexibility index (Phi) is 3.79. The summed E-state index contributed by atoms with van der Waals surface area (Å²) in [6.07, 6.45) is 4.40. The summed E-state index contributed by atoms with van der Waals surface area (Å²) >= 11 is 0. The van der Waals surface area contributed by atoms with Gasteiger partial charge in [0, 0.05) is 6.07 Å². The van der Waals surface area contributed by atoms with Crippen LogP contribution in [0.1, 0.15) is 51.8 Å². The SMILES string of the molecule is CCOC(=O)c1cc(=O)c2cc3c(c(C=O)c2o1)CCCC3. The van der Waals surface area contributed by atoms with E-state index in [1.54, 1.807) is 13.0 Å². The van der Waals surface area contributed by atoms with Gasteiger partial charge in [-0.3, -0.25) is 9.59 Å². The molecule has 0 saturated carbocycles. The van der Waals surface area contributed by atoms with Crippen LogP contribution in [0.15, 0.2) is 21.3 Å². The van der Waals surface area contributed by atoms with E-state index in [9.17, 15) is 14.4 Å². The predicted octanol–water partition coefficient (Wildman–Crippen LogP) is 2.66.